The van der Waals surface area contributed by atoms with Crippen molar-refractivity contribution in [3.63, 3.8) is 0 Å². The van der Waals surface area contributed by atoms with Crippen molar-refractivity contribution >= 4 is 16.7 Å². The van der Waals surface area contributed by atoms with Crippen LogP contribution in [0.15, 0.2) is 42.6 Å². The molecule has 1 aromatic carbocycles. The summed E-state index contributed by atoms with van der Waals surface area (Å²) >= 11 is 0. The van der Waals surface area contributed by atoms with Crippen LogP contribution in [0, 0.1) is 6.92 Å². The largest absolute Gasteiger partial charge is 0.357 e. The van der Waals surface area contributed by atoms with Gasteiger partial charge in [0.1, 0.15) is 5.82 Å². The van der Waals surface area contributed by atoms with Crippen LogP contribution in [0.25, 0.3) is 10.9 Å². The smallest absolute Gasteiger partial charge is 0.132 e. The number of H-pyrrole nitrogens is 1. The molecule has 0 bridgehead atoms. The van der Waals surface area contributed by atoms with Crippen molar-refractivity contribution < 1.29 is 0 Å². The van der Waals surface area contributed by atoms with E-state index >= 15 is 0 Å². The molecule has 0 atom stereocenters. The quantitative estimate of drug-likeness (QED) is 0.691. The molecule has 4 heteroatoms. The van der Waals surface area contributed by atoms with Crippen LogP contribution >= 0.6 is 0 Å². The van der Waals surface area contributed by atoms with Gasteiger partial charge in [-0.1, -0.05) is 24.3 Å². The number of pyridine rings is 1. The van der Waals surface area contributed by atoms with E-state index in [0.717, 1.165) is 32.0 Å². The van der Waals surface area contributed by atoms with E-state index < -0.39 is 0 Å². The number of nitrogens with one attached hydrogen (secondary N) is 2. The van der Waals surface area contributed by atoms with E-state index in [1.165, 1.54) is 27.7 Å². The zero-order valence-corrected chi connectivity index (χ0v) is 14.8. The van der Waals surface area contributed by atoms with Crippen molar-refractivity contribution in [1.82, 2.24) is 15.3 Å². The maximum Gasteiger partial charge on any atom is 0.132 e. The lowest BCUT2D eigenvalue weighted by Crippen LogP contribution is -2.25. The molecule has 2 N–H and O–H groups in total. The molecule has 2 heterocycles. The minimum Gasteiger partial charge on any atom is -0.357 e. The van der Waals surface area contributed by atoms with Gasteiger partial charge in [0.2, 0.25) is 0 Å². The fraction of sp³-hybridized carbons (Fsp3) is 0.350. The topological polar surface area (TPSA) is 44.0 Å². The molecule has 0 aliphatic rings. The summed E-state index contributed by atoms with van der Waals surface area (Å²) in [5, 5.41) is 4.87. The van der Waals surface area contributed by atoms with E-state index in [1.807, 2.05) is 12.3 Å². The van der Waals surface area contributed by atoms with E-state index in [2.05, 4.69) is 71.3 Å². The molecular weight excluding hydrogens is 296 g/mol. The zero-order valence-electron chi connectivity index (χ0n) is 14.8. The van der Waals surface area contributed by atoms with Gasteiger partial charge >= 0.3 is 0 Å². The zero-order chi connectivity index (χ0) is 16.9. The average Bonchev–Trinajstić information content (AvgIpc) is 2.94. The van der Waals surface area contributed by atoms with Gasteiger partial charge in [0, 0.05) is 54.5 Å². The Morgan fingerprint density at radius 3 is 2.58 bits per heavy atom. The second-order valence-corrected chi connectivity index (χ2v) is 6.04. The maximum absolute atomic E-state index is 4.58. The number of benzene rings is 1. The van der Waals surface area contributed by atoms with Crippen LogP contribution in [-0.2, 0) is 13.1 Å². The predicted octanol–water partition coefficient (Wildman–Crippen LogP) is 4.01. The summed E-state index contributed by atoms with van der Waals surface area (Å²) in [6.45, 7) is 10.1. The Balaban J connectivity index is 1.71. The number of hydrogen-bond donors (Lipinski definition) is 2. The van der Waals surface area contributed by atoms with Gasteiger partial charge in [0.25, 0.3) is 0 Å². The first kappa shape index (κ1) is 16.5. The van der Waals surface area contributed by atoms with Crippen LogP contribution in [0.5, 0.6) is 0 Å². The van der Waals surface area contributed by atoms with Crippen molar-refractivity contribution in [3.8, 4) is 0 Å². The second kappa shape index (κ2) is 7.49. The number of aryl methyl sites for hydroxylation is 1. The molecule has 0 fully saturated rings. The fourth-order valence-corrected chi connectivity index (χ4v) is 3.21. The first-order valence-electron chi connectivity index (χ1n) is 8.70. The van der Waals surface area contributed by atoms with Gasteiger partial charge in [-0.15, -0.1) is 0 Å². The Bertz CT molecular complexity index is 802. The van der Waals surface area contributed by atoms with Gasteiger partial charge in [0.15, 0.2) is 0 Å². The Morgan fingerprint density at radius 1 is 1.04 bits per heavy atom. The fourth-order valence-electron chi connectivity index (χ4n) is 3.21. The standard InChI is InChI=1S/C20H26N4/c1-4-24(5-2)20-16(9-8-12-22-20)13-21-14-19-15(3)17-10-6-7-11-18(17)23-19/h6-12,21,23H,4-5,13-14H2,1-3H3. The molecule has 0 aliphatic carbocycles. The third kappa shape index (κ3) is 3.29. The van der Waals surface area contributed by atoms with Crippen LogP contribution in [0.3, 0.4) is 0 Å². The van der Waals surface area contributed by atoms with Gasteiger partial charge in [-0.25, -0.2) is 4.98 Å². The molecule has 0 spiro atoms. The number of rotatable bonds is 7. The molecule has 126 valence electrons. The van der Waals surface area contributed by atoms with Gasteiger partial charge in [-0.3, -0.25) is 0 Å². The minimum atomic E-state index is 0.814. The summed E-state index contributed by atoms with van der Waals surface area (Å²) in [7, 11) is 0. The number of hydrogen-bond acceptors (Lipinski definition) is 3. The number of nitrogens with zero attached hydrogens (tertiary/aromatic N) is 2. The van der Waals surface area contributed by atoms with Gasteiger partial charge < -0.3 is 15.2 Å². The molecule has 2 aromatic heterocycles. The molecule has 0 aliphatic heterocycles. The predicted molar refractivity (Wildman–Crippen MR) is 101 cm³/mol. The molecule has 0 saturated heterocycles. The lowest BCUT2D eigenvalue weighted by Gasteiger charge is -2.22. The second-order valence-electron chi connectivity index (χ2n) is 6.04. The van der Waals surface area contributed by atoms with Gasteiger partial charge in [0.05, 0.1) is 0 Å². The number of aromatic nitrogens is 2. The maximum atomic E-state index is 4.58. The number of para-hydroxylation sites is 1. The lowest BCUT2D eigenvalue weighted by atomic mass is 10.1. The third-order valence-electron chi connectivity index (χ3n) is 4.62. The van der Waals surface area contributed by atoms with Crippen molar-refractivity contribution in [2.45, 2.75) is 33.9 Å². The summed E-state index contributed by atoms with van der Waals surface area (Å²) in [6, 6.07) is 12.6. The van der Waals surface area contributed by atoms with E-state index in [-0.39, 0.29) is 0 Å². The molecule has 0 unspecified atom stereocenters. The van der Waals surface area contributed by atoms with Crippen LogP contribution in [0.2, 0.25) is 0 Å². The SMILES string of the molecule is CCN(CC)c1ncccc1CNCc1[nH]c2ccccc2c1C. The molecule has 3 rings (SSSR count). The third-order valence-corrected chi connectivity index (χ3v) is 4.62. The monoisotopic (exact) mass is 322 g/mol. The number of fused-ring (bicyclic) bond motifs is 1. The molecule has 0 saturated carbocycles. The summed E-state index contributed by atoms with van der Waals surface area (Å²) in [6.07, 6.45) is 1.87. The van der Waals surface area contributed by atoms with Crippen molar-refractivity contribution in [1.29, 1.82) is 0 Å². The highest BCUT2D eigenvalue weighted by Gasteiger charge is 2.10. The average molecular weight is 322 g/mol. The van der Waals surface area contributed by atoms with Crippen molar-refractivity contribution in [2.75, 3.05) is 18.0 Å². The molecule has 24 heavy (non-hydrogen) atoms. The Labute approximate surface area is 143 Å². The Hall–Kier alpha value is -2.33. The number of aromatic amines is 1. The van der Waals surface area contributed by atoms with Crippen molar-refractivity contribution in [3.05, 3.63) is 59.4 Å². The number of anilines is 1. The summed E-state index contributed by atoms with van der Waals surface area (Å²) in [4.78, 5) is 10.4. The summed E-state index contributed by atoms with van der Waals surface area (Å²) in [5.74, 6) is 1.09. The van der Waals surface area contributed by atoms with Crippen LogP contribution in [-0.4, -0.2) is 23.1 Å². The highest BCUT2D eigenvalue weighted by molar-refractivity contribution is 5.84. The molecule has 0 radical (unpaired) electrons. The van der Waals surface area contributed by atoms with E-state index in [4.69, 9.17) is 0 Å². The summed E-state index contributed by atoms with van der Waals surface area (Å²) in [5.41, 5.74) is 5.03. The molecule has 3 aromatic rings. The first-order chi connectivity index (χ1) is 11.7. The lowest BCUT2D eigenvalue weighted by molar-refractivity contribution is 0.675. The van der Waals surface area contributed by atoms with Crippen molar-refractivity contribution in [2.24, 2.45) is 0 Å². The molecule has 4 nitrogen and oxygen atoms in total. The first-order valence-corrected chi connectivity index (χ1v) is 8.70. The highest BCUT2D eigenvalue weighted by atomic mass is 15.2. The minimum absolute atomic E-state index is 0.814. The normalized spacial score (nSPS) is 11.1. The van der Waals surface area contributed by atoms with Crippen LogP contribution in [0.4, 0.5) is 5.82 Å². The summed E-state index contributed by atoms with van der Waals surface area (Å²) < 4.78 is 0. The van der Waals surface area contributed by atoms with Gasteiger partial charge in [-0.2, -0.15) is 0 Å². The Morgan fingerprint density at radius 2 is 1.83 bits per heavy atom. The molecular formula is C20H26N4. The van der Waals surface area contributed by atoms with Gasteiger partial charge in [-0.05, 0) is 38.5 Å². The van der Waals surface area contributed by atoms with E-state index in [1.54, 1.807) is 0 Å². The van der Waals surface area contributed by atoms with Crippen LogP contribution in [0.1, 0.15) is 30.7 Å². The van der Waals surface area contributed by atoms with E-state index in [0.29, 0.717) is 0 Å². The Kier molecular flexibility index (Phi) is 5.16. The highest BCUT2D eigenvalue weighted by Crippen LogP contribution is 2.21. The molecule has 0 amide bonds. The van der Waals surface area contributed by atoms with E-state index in [9.17, 15) is 0 Å². The van der Waals surface area contributed by atoms with Crippen LogP contribution < -0.4 is 10.2 Å².